The Hall–Kier alpha value is 0.388. The molecule has 1 unspecified atom stereocenters. The summed E-state index contributed by atoms with van der Waals surface area (Å²) in [6.45, 7) is 2.04. The molecular weight excluding hydrogens is 521 g/mol. The summed E-state index contributed by atoms with van der Waals surface area (Å²) in [4.78, 5) is 0. The minimum atomic E-state index is -3.80. The molecule has 0 saturated carbocycles. The van der Waals surface area contributed by atoms with E-state index in [4.69, 9.17) is 53.1 Å². The van der Waals surface area contributed by atoms with Gasteiger partial charge in [0.05, 0.1) is 0 Å². The topological polar surface area (TPSA) is 111 Å². The van der Waals surface area contributed by atoms with Gasteiger partial charge in [-0.05, 0) is 19.3 Å². The van der Waals surface area contributed by atoms with E-state index in [-0.39, 0.29) is 5.54 Å². The molecule has 0 aliphatic carbocycles. The van der Waals surface area contributed by atoms with Crippen molar-refractivity contribution in [1.82, 2.24) is 0 Å². The summed E-state index contributed by atoms with van der Waals surface area (Å²) in [6, 6.07) is 0. The van der Waals surface area contributed by atoms with E-state index >= 15 is 0 Å². The Morgan fingerprint density at radius 3 is 0.912 bits per heavy atom. The molecule has 0 spiro atoms. The van der Waals surface area contributed by atoms with Gasteiger partial charge in [-0.25, -0.2) is 0 Å². The molecule has 0 saturated heterocycles. The third-order valence-corrected chi connectivity index (χ3v) is 24.3. The van der Waals surface area contributed by atoms with E-state index in [1.54, 1.807) is 21.3 Å². The minimum Gasteiger partial charge on any atom is -0.377 e. The molecule has 0 rings (SSSR count). The van der Waals surface area contributed by atoms with Gasteiger partial charge in [0.15, 0.2) is 4.28 Å². The van der Waals surface area contributed by atoms with Gasteiger partial charge >= 0.3 is 35.2 Å². The van der Waals surface area contributed by atoms with Crippen molar-refractivity contribution < 1.29 is 53.1 Å². The van der Waals surface area contributed by atoms with Crippen LogP contribution in [-0.2, 0) is 53.1 Å². The summed E-state index contributed by atoms with van der Waals surface area (Å²) in [6.07, 6.45) is 1.50. The van der Waals surface area contributed by atoms with Crippen LogP contribution in [0.4, 0.5) is 0 Å². The molecule has 16 heteroatoms. The highest BCUT2D eigenvalue weighted by atomic mass is 28.5. The summed E-state index contributed by atoms with van der Waals surface area (Å²) in [7, 11) is 3.87. The Labute approximate surface area is 209 Å². The fourth-order valence-electron chi connectivity index (χ4n) is 5.11. The van der Waals surface area contributed by atoms with Crippen molar-refractivity contribution in [1.29, 1.82) is 0 Å². The molecular formula is C18H46O12Si4. The van der Waals surface area contributed by atoms with Crippen LogP contribution in [0.5, 0.6) is 0 Å². The largest absolute Gasteiger partial charge is 0.515 e. The predicted molar refractivity (Wildman–Crippen MR) is 133 cm³/mol. The van der Waals surface area contributed by atoms with Crippen LogP contribution < -0.4 is 0 Å². The fourth-order valence-corrected chi connectivity index (χ4v) is 23.6. The monoisotopic (exact) mass is 566 g/mol. The third-order valence-electron chi connectivity index (χ3n) is 6.70. The first-order valence-electron chi connectivity index (χ1n) is 10.8. The van der Waals surface area contributed by atoms with Crippen molar-refractivity contribution in [2.75, 3.05) is 85.3 Å². The molecule has 0 aromatic rings. The molecule has 0 N–H and O–H groups in total. The van der Waals surface area contributed by atoms with Gasteiger partial charge in [-0.1, -0.05) is 6.92 Å². The molecule has 0 fully saturated rings. The molecule has 1 atom stereocenters. The zero-order valence-electron chi connectivity index (χ0n) is 23.1. The SMILES string of the molecule is CCC(CCC([Si](OC)(OC)OC)([Si](OC)(OC)OC)[Si](OC)(OC)OC)[Si](OC)(OC)OC. The number of rotatable bonds is 20. The predicted octanol–water partition coefficient (Wildman–Crippen LogP) is 1.88. The third kappa shape index (κ3) is 5.33. The normalized spacial score (nSPS) is 15.1. The van der Waals surface area contributed by atoms with Crippen molar-refractivity contribution in [3.05, 3.63) is 0 Å². The maximum Gasteiger partial charge on any atom is 0.515 e. The lowest BCUT2D eigenvalue weighted by molar-refractivity contribution is 0.0277. The molecule has 0 heterocycles. The van der Waals surface area contributed by atoms with E-state index in [9.17, 15) is 0 Å². The highest BCUT2D eigenvalue weighted by molar-refractivity contribution is 7.02. The second-order valence-corrected chi connectivity index (χ2v) is 21.6. The zero-order valence-corrected chi connectivity index (χ0v) is 27.1. The van der Waals surface area contributed by atoms with Gasteiger partial charge in [0.25, 0.3) is 0 Å². The van der Waals surface area contributed by atoms with Crippen LogP contribution in [0.1, 0.15) is 26.2 Å². The standard InChI is InChI=1S/C18H46O12Si4/c1-14-17(31(19-2,20-3)21-4)15-16-18(32(22-5,23-6)24-7,33(25-8,26-9)27-10)34(28-11,29-12)30-13/h17H,14-16H2,1-13H3. The summed E-state index contributed by atoms with van der Waals surface area (Å²) in [5.74, 6) is 0. The van der Waals surface area contributed by atoms with E-state index in [0.717, 1.165) is 0 Å². The van der Waals surface area contributed by atoms with Crippen molar-refractivity contribution in [2.45, 2.75) is 36.0 Å². The molecule has 0 aliphatic heterocycles. The van der Waals surface area contributed by atoms with E-state index in [1.165, 1.54) is 64.0 Å². The maximum absolute atomic E-state index is 6.06. The molecule has 0 bridgehead atoms. The molecule has 0 radical (unpaired) electrons. The number of hydrogen-bond acceptors (Lipinski definition) is 12. The molecule has 0 aromatic carbocycles. The maximum atomic E-state index is 6.06. The summed E-state index contributed by atoms with van der Waals surface area (Å²) >= 11 is 0. The lowest BCUT2D eigenvalue weighted by atomic mass is 10.2. The first-order chi connectivity index (χ1) is 16.1. The Morgan fingerprint density at radius 1 is 0.471 bits per heavy atom. The van der Waals surface area contributed by atoms with Crippen molar-refractivity contribution in [2.24, 2.45) is 0 Å². The second-order valence-electron chi connectivity index (χ2n) is 7.27. The van der Waals surface area contributed by atoms with Crippen LogP contribution in [-0.4, -0.2) is 121 Å². The number of hydrogen-bond donors (Lipinski definition) is 0. The summed E-state index contributed by atoms with van der Waals surface area (Å²) in [5.41, 5.74) is -0.112. The molecule has 0 aliphatic rings. The first kappa shape index (κ1) is 34.4. The molecule has 12 nitrogen and oxygen atoms in total. The first-order valence-corrected chi connectivity index (χ1v) is 17.7. The molecule has 206 valence electrons. The molecule has 0 aromatic heterocycles. The van der Waals surface area contributed by atoms with Gasteiger partial charge in [-0.15, -0.1) is 0 Å². The summed E-state index contributed by atoms with van der Waals surface area (Å²) in [5, 5.41) is 0. The van der Waals surface area contributed by atoms with Crippen molar-refractivity contribution in [3.63, 3.8) is 0 Å². The quantitative estimate of drug-likeness (QED) is 0.201. The lowest BCUT2D eigenvalue weighted by Crippen LogP contribution is -2.80. The Bertz CT molecular complexity index is 474. The van der Waals surface area contributed by atoms with Gasteiger partial charge < -0.3 is 53.1 Å². The van der Waals surface area contributed by atoms with Crippen molar-refractivity contribution >= 4 is 35.2 Å². The van der Waals surface area contributed by atoms with Crippen LogP contribution in [0.2, 0.25) is 9.83 Å². The van der Waals surface area contributed by atoms with Crippen LogP contribution in [0.15, 0.2) is 0 Å². The Kier molecular flexibility index (Phi) is 15.1. The van der Waals surface area contributed by atoms with Crippen LogP contribution >= 0.6 is 0 Å². The van der Waals surface area contributed by atoms with Gasteiger partial charge in [-0.3, -0.25) is 0 Å². The zero-order chi connectivity index (χ0) is 26.7. The van der Waals surface area contributed by atoms with Crippen LogP contribution in [0, 0.1) is 0 Å². The fraction of sp³-hybridized carbons (Fsp3) is 1.00. The van der Waals surface area contributed by atoms with Gasteiger partial charge in [0.1, 0.15) is 0 Å². The summed E-state index contributed by atoms with van der Waals surface area (Å²) < 4.78 is 70.6. The van der Waals surface area contributed by atoms with E-state index in [0.29, 0.717) is 19.3 Å². The van der Waals surface area contributed by atoms with Gasteiger partial charge in [0.2, 0.25) is 0 Å². The average Bonchev–Trinajstić information content (AvgIpc) is 2.90. The van der Waals surface area contributed by atoms with Crippen LogP contribution in [0.25, 0.3) is 0 Å². The Morgan fingerprint density at radius 2 is 0.735 bits per heavy atom. The van der Waals surface area contributed by atoms with E-state index in [2.05, 4.69) is 0 Å². The van der Waals surface area contributed by atoms with Crippen LogP contribution in [0.3, 0.4) is 0 Å². The smallest absolute Gasteiger partial charge is 0.377 e. The van der Waals surface area contributed by atoms with E-state index < -0.39 is 39.5 Å². The highest BCUT2D eigenvalue weighted by Gasteiger charge is 2.88. The highest BCUT2D eigenvalue weighted by Crippen LogP contribution is 2.59. The van der Waals surface area contributed by atoms with Crippen molar-refractivity contribution in [3.8, 4) is 0 Å². The lowest BCUT2D eigenvalue weighted by Gasteiger charge is -2.54. The minimum absolute atomic E-state index is 0.112. The Balaban J connectivity index is 7.47. The molecule has 34 heavy (non-hydrogen) atoms. The second kappa shape index (κ2) is 15.0. The van der Waals surface area contributed by atoms with Gasteiger partial charge in [0, 0.05) is 90.9 Å². The van der Waals surface area contributed by atoms with Gasteiger partial charge in [-0.2, -0.15) is 0 Å². The van der Waals surface area contributed by atoms with E-state index in [1.807, 2.05) is 6.92 Å². The average molecular weight is 567 g/mol. The molecule has 0 amide bonds.